The third-order valence-corrected chi connectivity index (χ3v) is 6.07. The van der Waals surface area contributed by atoms with Crippen molar-refractivity contribution in [3.63, 3.8) is 0 Å². The number of amides is 1. The van der Waals surface area contributed by atoms with Crippen molar-refractivity contribution in [2.75, 3.05) is 37.7 Å². The van der Waals surface area contributed by atoms with E-state index in [1.807, 2.05) is 23.2 Å². The van der Waals surface area contributed by atoms with E-state index in [9.17, 15) is 4.79 Å². The van der Waals surface area contributed by atoms with Crippen LogP contribution in [0.1, 0.15) is 21.7 Å². The zero-order chi connectivity index (χ0) is 18.2. The Balaban J connectivity index is 1.33. The molecule has 3 aromatic rings. The van der Waals surface area contributed by atoms with Gasteiger partial charge in [-0.05, 0) is 29.6 Å². The van der Waals surface area contributed by atoms with Gasteiger partial charge in [0.05, 0.1) is 46.9 Å². The predicted octanol–water partition coefficient (Wildman–Crippen LogP) is 2.73. The number of anilines is 1. The second-order valence-corrected chi connectivity index (χ2v) is 7.78. The Kier molecular flexibility index (Phi) is 4.26. The van der Waals surface area contributed by atoms with Crippen LogP contribution in [0.3, 0.4) is 0 Å². The first-order valence-corrected chi connectivity index (χ1v) is 10.1. The van der Waals surface area contributed by atoms with E-state index >= 15 is 0 Å². The maximum absolute atomic E-state index is 13.1. The van der Waals surface area contributed by atoms with Crippen LogP contribution in [0.15, 0.2) is 35.8 Å². The average molecular weight is 380 g/mol. The first-order valence-electron chi connectivity index (χ1n) is 9.22. The van der Waals surface area contributed by atoms with Crippen LogP contribution in [0.25, 0.3) is 10.2 Å². The number of carbonyl (C=O) groups excluding carboxylic acids is 1. The van der Waals surface area contributed by atoms with Crippen molar-refractivity contribution in [1.29, 1.82) is 0 Å². The zero-order valence-corrected chi connectivity index (χ0v) is 15.7. The summed E-state index contributed by atoms with van der Waals surface area (Å²) in [6.45, 7) is 4.26. The van der Waals surface area contributed by atoms with Crippen molar-refractivity contribution in [3.05, 3.63) is 52.8 Å². The van der Waals surface area contributed by atoms with Gasteiger partial charge in [0, 0.05) is 37.9 Å². The molecule has 2 aliphatic heterocycles. The lowest BCUT2D eigenvalue weighted by molar-refractivity contribution is 0.0779. The summed E-state index contributed by atoms with van der Waals surface area (Å²) in [5, 5.41) is 2.06. The predicted molar refractivity (Wildman–Crippen MR) is 105 cm³/mol. The third kappa shape index (κ3) is 3.07. The lowest BCUT2D eigenvalue weighted by Gasteiger charge is -2.30. The number of aromatic nitrogens is 2. The molecule has 0 unspecified atom stereocenters. The minimum absolute atomic E-state index is 0.0798. The summed E-state index contributed by atoms with van der Waals surface area (Å²) < 4.78 is 6.64. The van der Waals surface area contributed by atoms with Gasteiger partial charge in [-0.3, -0.25) is 14.8 Å². The van der Waals surface area contributed by atoms with Crippen LogP contribution in [0.2, 0.25) is 0 Å². The number of morpholine rings is 1. The lowest BCUT2D eigenvalue weighted by atomic mass is 10.1. The van der Waals surface area contributed by atoms with Crippen molar-refractivity contribution in [1.82, 2.24) is 14.9 Å². The summed E-state index contributed by atoms with van der Waals surface area (Å²) in [6, 6.07) is 8.17. The van der Waals surface area contributed by atoms with E-state index < -0.39 is 0 Å². The summed E-state index contributed by atoms with van der Waals surface area (Å²) in [6.07, 6.45) is 2.56. The molecule has 0 saturated carbocycles. The molecule has 1 saturated heterocycles. The molecule has 0 N–H and O–H groups in total. The SMILES string of the molecule is O=C1c2c(N3CCOCC3)ccnc2CN1CCc1ccc2sccc2n1. The van der Waals surface area contributed by atoms with Gasteiger partial charge in [0.2, 0.25) is 0 Å². The number of nitrogens with zero attached hydrogens (tertiary/aromatic N) is 4. The summed E-state index contributed by atoms with van der Waals surface area (Å²) in [5.41, 5.74) is 4.69. The van der Waals surface area contributed by atoms with E-state index in [0.29, 0.717) is 26.3 Å². The summed E-state index contributed by atoms with van der Waals surface area (Å²) in [5.74, 6) is 0.0798. The fourth-order valence-corrected chi connectivity index (χ4v) is 4.51. The average Bonchev–Trinajstić information content (AvgIpc) is 3.31. The van der Waals surface area contributed by atoms with Gasteiger partial charge in [-0.15, -0.1) is 11.3 Å². The van der Waals surface area contributed by atoms with Crippen molar-refractivity contribution in [2.24, 2.45) is 0 Å². The number of thiophene rings is 1. The molecule has 7 heteroatoms. The molecule has 0 atom stereocenters. The highest BCUT2D eigenvalue weighted by Gasteiger charge is 2.32. The largest absolute Gasteiger partial charge is 0.378 e. The Labute approximate surface area is 161 Å². The highest BCUT2D eigenvalue weighted by molar-refractivity contribution is 7.17. The van der Waals surface area contributed by atoms with E-state index in [1.54, 1.807) is 11.3 Å². The lowest BCUT2D eigenvalue weighted by Crippen LogP contribution is -2.37. The van der Waals surface area contributed by atoms with Gasteiger partial charge in [0.15, 0.2) is 0 Å². The molecule has 1 fully saturated rings. The van der Waals surface area contributed by atoms with E-state index in [-0.39, 0.29) is 5.91 Å². The molecule has 2 aliphatic rings. The fraction of sp³-hybridized carbons (Fsp3) is 0.350. The van der Waals surface area contributed by atoms with Crippen molar-refractivity contribution in [3.8, 4) is 0 Å². The Bertz CT molecular complexity index is 997. The number of fused-ring (bicyclic) bond motifs is 2. The van der Waals surface area contributed by atoms with Crippen LogP contribution in [-0.4, -0.2) is 53.6 Å². The summed E-state index contributed by atoms with van der Waals surface area (Å²) in [7, 11) is 0. The van der Waals surface area contributed by atoms with Gasteiger partial charge in [-0.2, -0.15) is 0 Å². The molecule has 0 aliphatic carbocycles. The molecule has 6 nitrogen and oxygen atoms in total. The second kappa shape index (κ2) is 6.90. The highest BCUT2D eigenvalue weighted by Crippen LogP contribution is 2.31. The maximum atomic E-state index is 13.1. The molecule has 27 heavy (non-hydrogen) atoms. The molecule has 3 aromatic heterocycles. The van der Waals surface area contributed by atoms with Crippen molar-refractivity contribution < 1.29 is 9.53 Å². The van der Waals surface area contributed by atoms with Gasteiger partial charge in [0.1, 0.15) is 0 Å². The first kappa shape index (κ1) is 16.6. The molecule has 0 spiro atoms. The minimum atomic E-state index is 0.0798. The number of pyridine rings is 2. The molecular formula is C20H20N4O2S. The van der Waals surface area contributed by atoms with Crippen LogP contribution in [0.5, 0.6) is 0 Å². The smallest absolute Gasteiger partial charge is 0.258 e. The molecule has 5 rings (SSSR count). The normalized spacial score (nSPS) is 17.0. The van der Waals surface area contributed by atoms with E-state index in [0.717, 1.165) is 47.7 Å². The van der Waals surface area contributed by atoms with Crippen LogP contribution in [0.4, 0.5) is 5.69 Å². The molecule has 1 amide bonds. The highest BCUT2D eigenvalue weighted by atomic mass is 32.1. The second-order valence-electron chi connectivity index (χ2n) is 6.83. The molecule has 0 aromatic carbocycles. The van der Waals surface area contributed by atoms with Gasteiger partial charge in [-0.25, -0.2) is 0 Å². The standard InChI is InChI=1S/C20H20N4O2S/c25-20-19-16(21-6-3-17(19)23-8-10-26-11-9-23)13-24(20)7-4-14-1-2-18-15(22-14)5-12-27-18/h1-3,5-6,12H,4,7-11,13H2. The Morgan fingerprint density at radius 1 is 1.15 bits per heavy atom. The number of hydrogen-bond acceptors (Lipinski definition) is 6. The minimum Gasteiger partial charge on any atom is -0.378 e. The summed E-state index contributed by atoms with van der Waals surface area (Å²) >= 11 is 1.70. The number of ether oxygens (including phenoxy) is 1. The fourth-order valence-electron chi connectivity index (χ4n) is 3.79. The Morgan fingerprint density at radius 3 is 2.93 bits per heavy atom. The zero-order valence-electron chi connectivity index (χ0n) is 14.9. The van der Waals surface area contributed by atoms with Gasteiger partial charge < -0.3 is 14.5 Å². The monoisotopic (exact) mass is 380 g/mol. The van der Waals surface area contributed by atoms with Gasteiger partial charge in [0.25, 0.3) is 5.91 Å². The molecule has 5 heterocycles. The summed E-state index contributed by atoms with van der Waals surface area (Å²) in [4.78, 5) is 26.4. The topological polar surface area (TPSA) is 58.6 Å². The van der Waals surface area contributed by atoms with Crippen LogP contribution < -0.4 is 4.90 Å². The number of rotatable bonds is 4. The van der Waals surface area contributed by atoms with Crippen LogP contribution in [-0.2, 0) is 17.7 Å². The van der Waals surface area contributed by atoms with Crippen LogP contribution in [0, 0.1) is 0 Å². The van der Waals surface area contributed by atoms with Gasteiger partial charge in [-0.1, -0.05) is 0 Å². The van der Waals surface area contributed by atoms with Gasteiger partial charge >= 0.3 is 0 Å². The van der Waals surface area contributed by atoms with Crippen molar-refractivity contribution >= 4 is 33.1 Å². The third-order valence-electron chi connectivity index (χ3n) is 5.20. The quantitative estimate of drug-likeness (QED) is 0.697. The number of hydrogen-bond donors (Lipinski definition) is 0. The molecule has 138 valence electrons. The Hall–Kier alpha value is -2.51. The molecular weight excluding hydrogens is 360 g/mol. The van der Waals surface area contributed by atoms with E-state index in [1.165, 1.54) is 4.70 Å². The maximum Gasteiger partial charge on any atom is 0.258 e. The van der Waals surface area contributed by atoms with Crippen molar-refractivity contribution in [2.45, 2.75) is 13.0 Å². The molecule has 0 bridgehead atoms. The van der Waals surface area contributed by atoms with Crippen LogP contribution >= 0.6 is 11.3 Å². The van der Waals surface area contributed by atoms with E-state index in [2.05, 4.69) is 27.4 Å². The molecule has 0 radical (unpaired) electrons. The number of carbonyl (C=O) groups is 1. The first-order chi connectivity index (χ1) is 13.3. The van der Waals surface area contributed by atoms with E-state index in [4.69, 9.17) is 9.72 Å². The Morgan fingerprint density at radius 2 is 2.04 bits per heavy atom.